The van der Waals surface area contributed by atoms with E-state index in [4.69, 9.17) is 5.11 Å². The average molecular weight is 155 g/mol. The van der Waals surface area contributed by atoms with E-state index >= 15 is 0 Å². The van der Waals surface area contributed by atoms with Gasteiger partial charge in [-0.15, -0.1) is 5.10 Å². The van der Waals surface area contributed by atoms with Gasteiger partial charge in [0, 0.05) is 19.7 Å². The van der Waals surface area contributed by atoms with E-state index in [1.54, 1.807) is 17.9 Å². The second-order valence-corrected chi connectivity index (χ2v) is 2.28. The topological polar surface area (TPSA) is 68.0 Å². The molecule has 60 valence electrons. The largest absolute Gasteiger partial charge is 0.481 e. The summed E-state index contributed by atoms with van der Waals surface area (Å²) in [5.74, 6) is -0.810. The molecule has 0 aromatic carbocycles. The molecule has 1 heterocycles. The zero-order valence-corrected chi connectivity index (χ0v) is 6.19. The van der Waals surface area contributed by atoms with Crippen molar-refractivity contribution in [2.45, 2.75) is 12.8 Å². The lowest BCUT2D eigenvalue weighted by atomic mass is 10.2. The monoisotopic (exact) mass is 155 g/mol. The van der Waals surface area contributed by atoms with Crippen LogP contribution in [-0.4, -0.2) is 26.1 Å². The number of aryl methyl sites for hydroxylation is 2. The molecule has 0 saturated heterocycles. The summed E-state index contributed by atoms with van der Waals surface area (Å²) >= 11 is 0. The molecular formula is C6H9N3O2. The number of aliphatic carboxylic acids is 1. The first kappa shape index (κ1) is 7.71. The fourth-order valence-electron chi connectivity index (χ4n) is 0.745. The molecule has 1 N–H and O–H groups in total. The third kappa shape index (κ3) is 2.37. The third-order valence-corrected chi connectivity index (χ3v) is 1.25. The summed E-state index contributed by atoms with van der Waals surface area (Å²) in [7, 11) is 1.75. The van der Waals surface area contributed by atoms with Crippen molar-refractivity contribution in [1.82, 2.24) is 15.0 Å². The van der Waals surface area contributed by atoms with Crippen LogP contribution in [0.4, 0.5) is 0 Å². The van der Waals surface area contributed by atoms with Gasteiger partial charge in [0.1, 0.15) is 0 Å². The van der Waals surface area contributed by atoms with E-state index in [1.807, 2.05) is 0 Å². The molecule has 0 bridgehead atoms. The van der Waals surface area contributed by atoms with E-state index in [9.17, 15) is 4.79 Å². The smallest absolute Gasteiger partial charge is 0.303 e. The number of nitrogens with zero attached hydrogens (tertiary/aromatic N) is 3. The Hall–Kier alpha value is -1.39. The highest BCUT2D eigenvalue weighted by molar-refractivity contribution is 5.66. The Morgan fingerprint density at radius 2 is 2.55 bits per heavy atom. The predicted octanol–water partition coefficient (Wildman–Crippen LogP) is -0.168. The minimum atomic E-state index is -0.810. The van der Waals surface area contributed by atoms with Crippen molar-refractivity contribution >= 4 is 5.97 Å². The molecule has 0 fully saturated rings. The van der Waals surface area contributed by atoms with Gasteiger partial charge in [-0.25, -0.2) is 0 Å². The molecule has 0 amide bonds. The van der Waals surface area contributed by atoms with E-state index in [0.29, 0.717) is 6.42 Å². The van der Waals surface area contributed by atoms with E-state index in [2.05, 4.69) is 10.3 Å². The maximum absolute atomic E-state index is 10.1. The fourth-order valence-corrected chi connectivity index (χ4v) is 0.745. The lowest BCUT2D eigenvalue weighted by molar-refractivity contribution is -0.136. The molecule has 1 aromatic rings. The van der Waals surface area contributed by atoms with Gasteiger partial charge in [-0.05, 0) is 0 Å². The van der Waals surface area contributed by atoms with Crippen LogP contribution >= 0.6 is 0 Å². The van der Waals surface area contributed by atoms with Gasteiger partial charge in [0.05, 0.1) is 12.1 Å². The quantitative estimate of drug-likeness (QED) is 0.658. The van der Waals surface area contributed by atoms with E-state index in [-0.39, 0.29) is 6.42 Å². The highest BCUT2D eigenvalue weighted by Gasteiger charge is 2.01. The van der Waals surface area contributed by atoms with Crippen molar-refractivity contribution in [3.63, 3.8) is 0 Å². The number of carboxylic acids is 1. The minimum absolute atomic E-state index is 0.110. The number of carbonyl (C=O) groups is 1. The first-order valence-corrected chi connectivity index (χ1v) is 3.25. The minimum Gasteiger partial charge on any atom is -0.481 e. The lowest BCUT2D eigenvalue weighted by Crippen LogP contribution is -1.97. The Bertz CT molecular complexity index is 256. The molecular weight excluding hydrogens is 146 g/mol. The zero-order chi connectivity index (χ0) is 8.27. The molecule has 1 rings (SSSR count). The summed E-state index contributed by atoms with van der Waals surface area (Å²) < 4.78 is 1.55. The predicted molar refractivity (Wildman–Crippen MR) is 37.0 cm³/mol. The molecule has 11 heavy (non-hydrogen) atoms. The molecule has 0 aliphatic carbocycles. The van der Waals surface area contributed by atoms with Gasteiger partial charge >= 0.3 is 5.97 Å². The van der Waals surface area contributed by atoms with E-state index < -0.39 is 5.97 Å². The van der Waals surface area contributed by atoms with Crippen molar-refractivity contribution < 1.29 is 9.90 Å². The van der Waals surface area contributed by atoms with Crippen LogP contribution in [0, 0.1) is 0 Å². The van der Waals surface area contributed by atoms with Gasteiger partial charge in [0.25, 0.3) is 0 Å². The number of aromatic nitrogens is 3. The second kappa shape index (κ2) is 3.14. The first-order chi connectivity index (χ1) is 5.18. The normalized spacial score (nSPS) is 9.91. The standard InChI is InChI=1S/C6H9N3O2/c1-9-4-5(7-8-9)2-3-6(10)11/h4H,2-3H2,1H3,(H,10,11). The van der Waals surface area contributed by atoms with Gasteiger partial charge in [0.2, 0.25) is 0 Å². The summed E-state index contributed by atoms with van der Waals surface area (Å²) in [6.45, 7) is 0. The van der Waals surface area contributed by atoms with Gasteiger partial charge in [-0.1, -0.05) is 5.21 Å². The van der Waals surface area contributed by atoms with Crippen LogP contribution in [0.2, 0.25) is 0 Å². The van der Waals surface area contributed by atoms with Gasteiger partial charge in [0.15, 0.2) is 0 Å². The van der Waals surface area contributed by atoms with Crippen molar-refractivity contribution in [1.29, 1.82) is 0 Å². The molecule has 0 aliphatic rings. The first-order valence-electron chi connectivity index (χ1n) is 3.25. The molecule has 0 unspecified atom stereocenters. The second-order valence-electron chi connectivity index (χ2n) is 2.28. The highest BCUT2D eigenvalue weighted by atomic mass is 16.4. The summed E-state index contributed by atoms with van der Waals surface area (Å²) in [5.41, 5.74) is 0.718. The number of hydrogen-bond acceptors (Lipinski definition) is 3. The molecule has 0 atom stereocenters. The number of rotatable bonds is 3. The van der Waals surface area contributed by atoms with Crippen molar-refractivity contribution in [3.8, 4) is 0 Å². The molecule has 5 heteroatoms. The Balaban J connectivity index is 2.45. The Morgan fingerprint density at radius 3 is 3.00 bits per heavy atom. The fraction of sp³-hybridized carbons (Fsp3) is 0.500. The van der Waals surface area contributed by atoms with Gasteiger partial charge in [-0.3, -0.25) is 9.48 Å². The third-order valence-electron chi connectivity index (χ3n) is 1.25. The summed E-state index contributed by atoms with van der Waals surface area (Å²) in [6.07, 6.45) is 2.27. The van der Waals surface area contributed by atoms with Gasteiger partial charge in [-0.2, -0.15) is 0 Å². The van der Waals surface area contributed by atoms with Crippen LogP contribution in [0.5, 0.6) is 0 Å². The van der Waals surface area contributed by atoms with Crippen molar-refractivity contribution in [2.75, 3.05) is 0 Å². The number of hydrogen-bond donors (Lipinski definition) is 1. The van der Waals surface area contributed by atoms with Crippen molar-refractivity contribution in [3.05, 3.63) is 11.9 Å². The maximum atomic E-state index is 10.1. The van der Waals surface area contributed by atoms with Crippen LogP contribution in [0.3, 0.4) is 0 Å². The van der Waals surface area contributed by atoms with Crippen LogP contribution in [0.15, 0.2) is 6.20 Å². The summed E-state index contributed by atoms with van der Waals surface area (Å²) in [4.78, 5) is 10.1. The SMILES string of the molecule is Cn1cc(CCC(=O)O)nn1. The van der Waals surface area contributed by atoms with Gasteiger partial charge < -0.3 is 5.11 Å². The highest BCUT2D eigenvalue weighted by Crippen LogP contribution is 1.95. The Labute approximate surface area is 63.6 Å². The molecule has 0 aliphatic heterocycles. The molecule has 1 aromatic heterocycles. The Morgan fingerprint density at radius 1 is 1.82 bits per heavy atom. The zero-order valence-electron chi connectivity index (χ0n) is 6.19. The summed E-state index contributed by atoms with van der Waals surface area (Å²) in [6, 6.07) is 0. The lowest BCUT2D eigenvalue weighted by Gasteiger charge is -1.87. The number of carboxylic acid groups (broad SMARTS) is 1. The van der Waals surface area contributed by atoms with Crippen molar-refractivity contribution in [2.24, 2.45) is 7.05 Å². The van der Waals surface area contributed by atoms with Crippen LogP contribution in [0.1, 0.15) is 12.1 Å². The molecule has 0 saturated carbocycles. The Kier molecular flexibility index (Phi) is 2.20. The molecule has 5 nitrogen and oxygen atoms in total. The van der Waals surface area contributed by atoms with E-state index in [0.717, 1.165) is 5.69 Å². The summed E-state index contributed by atoms with van der Waals surface area (Å²) in [5, 5.41) is 15.7. The average Bonchev–Trinajstić information content (AvgIpc) is 2.31. The van der Waals surface area contributed by atoms with E-state index in [1.165, 1.54) is 0 Å². The molecule has 0 spiro atoms. The molecule has 0 radical (unpaired) electrons. The maximum Gasteiger partial charge on any atom is 0.303 e. The van der Waals surface area contributed by atoms with Crippen LogP contribution in [0.25, 0.3) is 0 Å². The van der Waals surface area contributed by atoms with Crippen LogP contribution in [-0.2, 0) is 18.3 Å². The van der Waals surface area contributed by atoms with Crippen LogP contribution < -0.4 is 0 Å².